The summed E-state index contributed by atoms with van der Waals surface area (Å²) in [6.45, 7) is 5.97. The molecule has 0 bridgehead atoms. The third-order valence-corrected chi connectivity index (χ3v) is 2.30. The van der Waals surface area contributed by atoms with Gasteiger partial charge in [0, 0.05) is 0 Å². The Labute approximate surface area is 106 Å². The van der Waals surface area contributed by atoms with Gasteiger partial charge in [0.05, 0.1) is 18.4 Å². The molecule has 0 aliphatic rings. The zero-order valence-corrected chi connectivity index (χ0v) is 10.3. The van der Waals surface area contributed by atoms with E-state index in [2.05, 4.69) is 11.3 Å². The van der Waals surface area contributed by atoms with Gasteiger partial charge in [-0.05, 0) is 23.8 Å². The van der Waals surface area contributed by atoms with Crippen LogP contribution in [0.15, 0.2) is 55.3 Å². The van der Waals surface area contributed by atoms with Gasteiger partial charge in [-0.15, -0.1) is 0 Å². The fourth-order valence-electron chi connectivity index (χ4n) is 1.53. The Morgan fingerprint density at radius 3 is 2.50 bits per heavy atom. The molecule has 1 N–H and O–H groups in total. The summed E-state index contributed by atoms with van der Waals surface area (Å²) >= 11 is 0. The Kier molecular flexibility index (Phi) is 5.45. The lowest BCUT2D eigenvalue weighted by molar-refractivity contribution is 0.0699. The van der Waals surface area contributed by atoms with E-state index in [1.807, 2.05) is 37.3 Å². The molecule has 0 atom stereocenters. The van der Waals surface area contributed by atoms with Gasteiger partial charge in [0.2, 0.25) is 0 Å². The van der Waals surface area contributed by atoms with Crippen molar-refractivity contribution in [1.29, 1.82) is 0 Å². The molecule has 3 heteroatoms. The fraction of sp³-hybridized carbons (Fsp3) is 0.133. The number of hydrogen-bond donors (Lipinski definition) is 1. The zero-order chi connectivity index (χ0) is 13.4. The van der Waals surface area contributed by atoms with Gasteiger partial charge in [0.1, 0.15) is 0 Å². The molecule has 0 radical (unpaired) electrons. The first-order valence-corrected chi connectivity index (χ1v) is 5.64. The number of carboxylic acids is 1. The summed E-state index contributed by atoms with van der Waals surface area (Å²) in [6.07, 6.45) is 1.43. The van der Waals surface area contributed by atoms with Gasteiger partial charge in [-0.2, -0.15) is 0 Å². The van der Waals surface area contributed by atoms with Crippen LogP contribution in [0.2, 0.25) is 0 Å². The van der Waals surface area contributed by atoms with Crippen LogP contribution in [0.25, 0.3) is 10.8 Å². The summed E-state index contributed by atoms with van der Waals surface area (Å²) < 4.78 is 4.60. The first-order valence-electron chi connectivity index (χ1n) is 5.64. The van der Waals surface area contributed by atoms with Crippen molar-refractivity contribution < 1.29 is 14.6 Å². The summed E-state index contributed by atoms with van der Waals surface area (Å²) in [5.74, 6) is -0.878. The standard InChI is InChI=1S/C11H8O2.C4H8O/c12-11(13)10-7-3-5-8-4-1-2-6-9(8)10;1-3-5-4-2/h1-7H,(H,12,13);3H,1,4H2,2H3. The lowest BCUT2D eigenvalue weighted by Crippen LogP contribution is -1.96. The maximum atomic E-state index is 10.8. The van der Waals surface area contributed by atoms with E-state index in [4.69, 9.17) is 5.11 Å². The maximum absolute atomic E-state index is 10.8. The molecule has 0 unspecified atom stereocenters. The highest BCUT2D eigenvalue weighted by atomic mass is 16.5. The zero-order valence-electron chi connectivity index (χ0n) is 10.3. The lowest BCUT2D eigenvalue weighted by atomic mass is 10.1. The lowest BCUT2D eigenvalue weighted by Gasteiger charge is -2.00. The minimum atomic E-state index is -0.878. The Morgan fingerprint density at radius 1 is 1.28 bits per heavy atom. The van der Waals surface area contributed by atoms with Crippen LogP contribution in [0.1, 0.15) is 17.3 Å². The van der Waals surface area contributed by atoms with E-state index >= 15 is 0 Å². The van der Waals surface area contributed by atoms with Gasteiger partial charge >= 0.3 is 5.97 Å². The molecule has 0 saturated heterocycles. The molecule has 0 amide bonds. The molecule has 94 valence electrons. The largest absolute Gasteiger partial charge is 0.502 e. The predicted octanol–water partition coefficient (Wildman–Crippen LogP) is 3.70. The van der Waals surface area contributed by atoms with Gasteiger partial charge in [-0.3, -0.25) is 0 Å². The number of rotatable bonds is 3. The monoisotopic (exact) mass is 244 g/mol. The van der Waals surface area contributed by atoms with Gasteiger partial charge in [-0.25, -0.2) is 4.79 Å². The quantitative estimate of drug-likeness (QED) is 0.837. The highest BCUT2D eigenvalue weighted by Crippen LogP contribution is 2.17. The van der Waals surface area contributed by atoms with Crippen LogP contribution in [0, 0.1) is 0 Å². The van der Waals surface area contributed by atoms with Crippen molar-refractivity contribution >= 4 is 16.7 Å². The predicted molar refractivity (Wildman–Crippen MR) is 72.7 cm³/mol. The normalized spacial score (nSPS) is 9.17. The Balaban J connectivity index is 0.000000280. The minimum Gasteiger partial charge on any atom is -0.502 e. The van der Waals surface area contributed by atoms with Gasteiger partial charge in [0.15, 0.2) is 0 Å². The van der Waals surface area contributed by atoms with Gasteiger partial charge in [-0.1, -0.05) is 43.0 Å². The van der Waals surface area contributed by atoms with E-state index in [9.17, 15) is 4.79 Å². The molecule has 0 heterocycles. The SMILES string of the molecule is C=COCC.O=C(O)c1cccc2ccccc12. The summed E-state index contributed by atoms with van der Waals surface area (Å²) in [5, 5.41) is 10.6. The van der Waals surface area contributed by atoms with Crippen LogP contribution in [0.5, 0.6) is 0 Å². The smallest absolute Gasteiger partial charge is 0.336 e. The van der Waals surface area contributed by atoms with E-state index in [1.54, 1.807) is 12.1 Å². The molecule has 2 aromatic carbocycles. The van der Waals surface area contributed by atoms with Gasteiger partial charge < -0.3 is 9.84 Å². The molecule has 2 rings (SSSR count). The third-order valence-electron chi connectivity index (χ3n) is 2.30. The number of benzene rings is 2. The minimum absolute atomic E-state index is 0.359. The second-order valence-electron chi connectivity index (χ2n) is 3.45. The number of aromatic carboxylic acids is 1. The summed E-state index contributed by atoms with van der Waals surface area (Å²) in [4.78, 5) is 10.8. The number of ether oxygens (including phenoxy) is 1. The molecule has 3 nitrogen and oxygen atoms in total. The van der Waals surface area contributed by atoms with Crippen molar-refractivity contribution in [2.45, 2.75) is 6.92 Å². The number of carbonyl (C=O) groups is 1. The average Bonchev–Trinajstić information content (AvgIpc) is 2.39. The number of hydrogen-bond acceptors (Lipinski definition) is 2. The van der Waals surface area contributed by atoms with Crippen LogP contribution >= 0.6 is 0 Å². The van der Waals surface area contributed by atoms with E-state index in [0.29, 0.717) is 5.56 Å². The Morgan fingerprint density at radius 2 is 1.94 bits per heavy atom. The molecule has 18 heavy (non-hydrogen) atoms. The molecule has 0 saturated carbocycles. The van der Waals surface area contributed by atoms with Crippen molar-refractivity contribution in [3.63, 3.8) is 0 Å². The molecule has 0 spiro atoms. The summed E-state index contributed by atoms with van der Waals surface area (Å²) in [5.41, 5.74) is 0.359. The number of fused-ring (bicyclic) bond motifs is 1. The van der Waals surface area contributed by atoms with Crippen molar-refractivity contribution in [3.05, 3.63) is 60.9 Å². The van der Waals surface area contributed by atoms with Gasteiger partial charge in [0.25, 0.3) is 0 Å². The Hall–Kier alpha value is -2.29. The summed E-state index contributed by atoms with van der Waals surface area (Å²) in [6, 6.07) is 12.7. The van der Waals surface area contributed by atoms with Crippen molar-refractivity contribution in [2.24, 2.45) is 0 Å². The molecule has 0 fully saturated rings. The van der Waals surface area contributed by atoms with Crippen LogP contribution in [-0.4, -0.2) is 17.7 Å². The number of carboxylic acid groups (broad SMARTS) is 1. The van der Waals surface area contributed by atoms with Crippen molar-refractivity contribution in [1.82, 2.24) is 0 Å². The topological polar surface area (TPSA) is 46.5 Å². The molecule has 0 aromatic heterocycles. The van der Waals surface area contributed by atoms with E-state index in [1.165, 1.54) is 6.26 Å². The van der Waals surface area contributed by atoms with Crippen LogP contribution in [-0.2, 0) is 4.74 Å². The average molecular weight is 244 g/mol. The highest BCUT2D eigenvalue weighted by Gasteiger charge is 2.05. The molecular formula is C15H16O3. The first-order chi connectivity index (χ1) is 8.70. The van der Waals surface area contributed by atoms with Crippen molar-refractivity contribution in [3.8, 4) is 0 Å². The van der Waals surface area contributed by atoms with E-state index in [-0.39, 0.29) is 0 Å². The first kappa shape index (κ1) is 13.8. The third kappa shape index (κ3) is 3.63. The van der Waals surface area contributed by atoms with Crippen LogP contribution in [0.3, 0.4) is 0 Å². The Bertz CT molecular complexity index is 527. The highest BCUT2D eigenvalue weighted by molar-refractivity contribution is 6.03. The van der Waals surface area contributed by atoms with Crippen LogP contribution in [0.4, 0.5) is 0 Å². The molecule has 0 aliphatic carbocycles. The second kappa shape index (κ2) is 7.12. The van der Waals surface area contributed by atoms with E-state index < -0.39 is 5.97 Å². The molecule has 2 aromatic rings. The fourth-order valence-corrected chi connectivity index (χ4v) is 1.53. The molecular weight excluding hydrogens is 228 g/mol. The second-order valence-corrected chi connectivity index (χ2v) is 3.45. The van der Waals surface area contributed by atoms with E-state index in [0.717, 1.165) is 17.4 Å². The van der Waals surface area contributed by atoms with Crippen molar-refractivity contribution in [2.75, 3.05) is 6.61 Å². The maximum Gasteiger partial charge on any atom is 0.336 e. The molecule has 0 aliphatic heterocycles. The summed E-state index contributed by atoms with van der Waals surface area (Å²) in [7, 11) is 0. The van der Waals surface area contributed by atoms with Crippen LogP contribution < -0.4 is 0 Å².